The minimum absolute atomic E-state index is 0. The number of nitrogens with zero attached hydrogens (tertiary/aromatic N) is 3. The molecule has 3 aromatic rings. The van der Waals surface area contributed by atoms with Gasteiger partial charge in [-0.2, -0.15) is 5.10 Å². The van der Waals surface area contributed by atoms with Crippen LogP contribution in [-0.4, -0.2) is 28.4 Å². The Hall–Kier alpha value is -2.55. The Bertz CT molecular complexity index is 859. The maximum Gasteiger partial charge on any atom is 0.193 e. The second-order valence-electron chi connectivity index (χ2n) is 6.45. The van der Waals surface area contributed by atoms with Gasteiger partial charge in [0, 0.05) is 24.6 Å². The third kappa shape index (κ3) is 6.56. The van der Waals surface area contributed by atoms with E-state index < -0.39 is 0 Å². The second kappa shape index (κ2) is 10.7. The van der Waals surface area contributed by atoms with E-state index in [-0.39, 0.29) is 30.1 Å². The first-order chi connectivity index (χ1) is 13.1. The highest BCUT2D eigenvalue weighted by Gasteiger charge is 2.00. The molecular formula is C21H26IN5O. The predicted molar refractivity (Wildman–Crippen MR) is 125 cm³/mol. The molecule has 3 N–H and O–H groups in total. The zero-order valence-corrected chi connectivity index (χ0v) is 18.4. The Labute approximate surface area is 182 Å². The largest absolute Gasteiger partial charge is 0.491 e. The van der Waals surface area contributed by atoms with Crippen LogP contribution in [0.2, 0.25) is 0 Å². The molecule has 28 heavy (non-hydrogen) atoms. The molecule has 6 nitrogen and oxygen atoms in total. The van der Waals surface area contributed by atoms with Gasteiger partial charge in [-0.3, -0.25) is 4.99 Å². The summed E-state index contributed by atoms with van der Waals surface area (Å²) in [4.78, 5) is 4.39. The number of rotatable bonds is 7. The molecular weight excluding hydrogens is 465 g/mol. The van der Waals surface area contributed by atoms with E-state index >= 15 is 0 Å². The van der Waals surface area contributed by atoms with Crippen LogP contribution in [0.25, 0.3) is 5.69 Å². The van der Waals surface area contributed by atoms with Crippen molar-refractivity contribution in [1.82, 2.24) is 9.78 Å². The maximum atomic E-state index is 5.97. The first-order valence-corrected chi connectivity index (χ1v) is 9.03. The lowest BCUT2D eigenvalue weighted by Gasteiger charge is -2.11. The van der Waals surface area contributed by atoms with Gasteiger partial charge in [0.2, 0.25) is 0 Å². The lowest BCUT2D eigenvalue weighted by molar-refractivity contribution is 0.242. The van der Waals surface area contributed by atoms with E-state index in [9.17, 15) is 0 Å². The Morgan fingerprint density at radius 3 is 2.46 bits per heavy atom. The number of ether oxygens (including phenoxy) is 1. The molecule has 0 saturated heterocycles. The molecule has 0 unspecified atom stereocenters. The van der Waals surface area contributed by atoms with Gasteiger partial charge < -0.3 is 15.8 Å². The number of nitrogens with two attached hydrogens (primary N) is 1. The number of hydrogen-bond acceptors (Lipinski definition) is 3. The summed E-state index contributed by atoms with van der Waals surface area (Å²) in [5.41, 5.74) is 9.10. The summed E-state index contributed by atoms with van der Waals surface area (Å²) < 4.78 is 7.46. The molecule has 0 amide bonds. The van der Waals surface area contributed by atoms with Crippen molar-refractivity contribution in [1.29, 1.82) is 0 Å². The maximum absolute atomic E-state index is 5.97. The van der Waals surface area contributed by atoms with Gasteiger partial charge in [0.25, 0.3) is 0 Å². The predicted octanol–water partition coefficient (Wildman–Crippen LogP) is 4.25. The standard InChI is InChI=1S/C21H25N5O.HI/c1-16(2)27-20-10-6-18(7-11-20)25-21(22)23-14-12-17-4-8-19(9-5-17)26-15-3-13-24-26;/h3-11,13,15-16H,12,14H2,1-2H3,(H3,22,23,25);1H. The van der Waals surface area contributed by atoms with Gasteiger partial charge in [-0.15, -0.1) is 24.0 Å². The molecule has 0 aliphatic carbocycles. The van der Waals surface area contributed by atoms with E-state index in [0.717, 1.165) is 23.5 Å². The van der Waals surface area contributed by atoms with Gasteiger partial charge in [0.05, 0.1) is 11.8 Å². The van der Waals surface area contributed by atoms with Gasteiger partial charge in [-0.1, -0.05) is 12.1 Å². The summed E-state index contributed by atoms with van der Waals surface area (Å²) in [6.45, 7) is 4.62. The fraction of sp³-hybridized carbons (Fsp3) is 0.238. The average molecular weight is 491 g/mol. The SMILES string of the molecule is CC(C)Oc1ccc(NC(N)=NCCc2ccc(-n3cccn3)cc2)cc1.I. The summed E-state index contributed by atoms with van der Waals surface area (Å²) in [7, 11) is 0. The summed E-state index contributed by atoms with van der Waals surface area (Å²) in [6, 6.07) is 17.9. The van der Waals surface area contributed by atoms with Crippen LogP contribution in [0.3, 0.4) is 0 Å². The zero-order valence-electron chi connectivity index (χ0n) is 16.1. The second-order valence-corrected chi connectivity index (χ2v) is 6.45. The van der Waals surface area contributed by atoms with Crippen molar-refractivity contribution in [3.05, 3.63) is 72.6 Å². The molecule has 0 saturated carbocycles. The highest BCUT2D eigenvalue weighted by molar-refractivity contribution is 14.0. The fourth-order valence-electron chi connectivity index (χ4n) is 2.62. The third-order valence-electron chi connectivity index (χ3n) is 3.89. The summed E-state index contributed by atoms with van der Waals surface area (Å²) >= 11 is 0. The number of aliphatic imine (C=N–C) groups is 1. The van der Waals surface area contributed by atoms with E-state index in [1.165, 1.54) is 5.56 Å². The van der Waals surface area contributed by atoms with Crippen LogP contribution in [0.4, 0.5) is 5.69 Å². The number of benzene rings is 2. The minimum Gasteiger partial charge on any atom is -0.491 e. The van der Waals surface area contributed by atoms with Gasteiger partial charge in [0.15, 0.2) is 5.96 Å². The zero-order chi connectivity index (χ0) is 19.1. The van der Waals surface area contributed by atoms with Crippen LogP contribution < -0.4 is 15.8 Å². The Morgan fingerprint density at radius 1 is 1.14 bits per heavy atom. The van der Waals surface area contributed by atoms with Gasteiger partial charge in [0.1, 0.15) is 5.75 Å². The Morgan fingerprint density at radius 2 is 1.86 bits per heavy atom. The van der Waals surface area contributed by atoms with E-state index in [2.05, 4.69) is 39.7 Å². The number of halogens is 1. The van der Waals surface area contributed by atoms with Crippen molar-refractivity contribution in [3.8, 4) is 11.4 Å². The number of aromatic nitrogens is 2. The molecule has 2 aromatic carbocycles. The van der Waals surface area contributed by atoms with Gasteiger partial charge in [-0.25, -0.2) is 4.68 Å². The van der Waals surface area contributed by atoms with Crippen LogP contribution in [0, 0.1) is 0 Å². The molecule has 3 rings (SSSR count). The van der Waals surface area contributed by atoms with Crippen molar-refractivity contribution < 1.29 is 4.74 Å². The molecule has 1 heterocycles. The topological polar surface area (TPSA) is 77.5 Å². The quantitative estimate of drug-likeness (QED) is 0.295. The highest BCUT2D eigenvalue weighted by Crippen LogP contribution is 2.16. The lowest BCUT2D eigenvalue weighted by atomic mass is 10.1. The van der Waals surface area contributed by atoms with Crippen molar-refractivity contribution >= 4 is 35.6 Å². The van der Waals surface area contributed by atoms with Crippen molar-refractivity contribution in [3.63, 3.8) is 0 Å². The molecule has 148 valence electrons. The summed E-state index contributed by atoms with van der Waals surface area (Å²) in [5.74, 6) is 1.24. The van der Waals surface area contributed by atoms with E-state index in [1.54, 1.807) is 6.20 Å². The monoisotopic (exact) mass is 491 g/mol. The van der Waals surface area contributed by atoms with Crippen molar-refractivity contribution in [2.45, 2.75) is 26.4 Å². The van der Waals surface area contributed by atoms with Crippen LogP contribution in [0.1, 0.15) is 19.4 Å². The van der Waals surface area contributed by atoms with Gasteiger partial charge >= 0.3 is 0 Å². The smallest absolute Gasteiger partial charge is 0.193 e. The summed E-state index contributed by atoms with van der Waals surface area (Å²) in [5, 5.41) is 7.32. The Balaban J connectivity index is 0.00000280. The third-order valence-corrected chi connectivity index (χ3v) is 3.89. The molecule has 0 radical (unpaired) electrons. The average Bonchev–Trinajstić information content (AvgIpc) is 3.18. The number of nitrogens with one attached hydrogen (secondary N) is 1. The lowest BCUT2D eigenvalue weighted by Crippen LogP contribution is -2.23. The van der Waals surface area contributed by atoms with Crippen LogP contribution in [-0.2, 0) is 6.42 Å². The van der Waals surface area contributed by atoms with Crippen LogP contribution in [0.5, 0.6) is 5.75 Å². The summed E-state index contributed by atoms with van der Waals surface area (Å²) in [6.07, 6.45) is 4.67. The van der Waals surface area contributed by atoms with Gasteiger partial charge in [-0.05, 0) is 68.3 Å². The number of guanidine groups is 1. The molecule has 0 bridgehead atoms. The van der Waals surface area contributed by atoms with E-state index in [1.807, 2.05) is 55.1 Å². The van der Waals surface area contributed by atoms with E-state index in [0.29, 0.717) is 12.5 Å². The Kier molecular flexibility index (Phi) is 8.31. The molecule has 1 aromatic heterocycles. The van der Waals surface area contributed by atoms with E-state index in [4.69, 9.17) is 10.5 Å². The normalized spacial score (nSPS) is 11.2. The first-order valence-electron chi connectivity index (χ1n) is 9.03. The molecule has 0 atom stereocenters. The number of anilines is 1. The van der Waals surface area contributed by atoms with Crippen molar-refractivity contribution in [2.75, 3.05) is 11.9 Å². The van der Waals surface area contributed by atoms with Crippen LogP contribution >= 0.6 is 24.0 Å². The molecule has 0 fully saturated rings. The highest BCUT2D eigenvalue weighted by atomic mass is 127. The number of hydrogen-bond donors (Lipinski definition) is 2. The fourth-order valence-corrected chi connectivity index (χ4v) is 2.62. The minimum atomic E-state index is 0. The molecule has 0 aliphatic rings. The molecule has 0 spiro atoms. The van der Waals surface area contributed by atoms with Crippen molar-refractivity contribution in [2.24, 2.45) is 10.7 Å². The first kappa shape index (κ1) is 21.7. The molecule has 0 aliphatic heterocycles. The van der Waals surface area contributed by atoms with Crippen LogP contribution in [0.15, 0.2) is 72.0 Å². The molecule has 7 heteroatoms.